The molecule has 27 heteroatoms. The Hall–Kier alpha value is -13.9. The van der Waals surface area contributed by atoms with E-state index in [4.69, 9.17) is 23.3 Å². The Bertz CT molecular complexity index is 6450. The lowest BCUT2D eigenvalue weighted by molar-refractivity contribution is -0.127. The lowest BCUT2D eigenvalue weighted by Crippen LogP contribution is -2.39. The molecule has 2 aliphatic rings. The van der Waals surface area contributed by atoms with Gasteiger partial charge in [0.2, 0.25) is 0 Å². The van der Waals surface area contributed by atoms with E-state index >= 15 is 0 Å². The molecule has 10 heterocycles. The fraction of sp³-hybridized carbons (Fsp3) is 0.219. The van der Waals surface area contributed by atoms with Crippen LogP contribution in [0.5, 0.6) is 0 Å². The molecule has 16 aromatic rings. The van der Waals surface area contributed by atoms with Gasteiger partial charge in [-0.2, -0.15) is 47.1 Å². The number of halogens is 6. The zero-order valence-corrected chi connectivity index (χ0v) is 68.5. The van der Waals surface area contributed by atoms with Crippen LogP contribution >= 0.6 is 22.7 Å². The maximum Gasteiger partial charge on any atom is 0.393 e. The van der Waals surface area contributed by atoms with Gasteiger partial charge in [0.15, 0.2) is 21.3 Å². The van der Waals surface area contributed by atoms with E-state index in [0.29, 0.717) is 62.1 Å². The number of nitrogens with zero attached hydrogens (tertiary/aromatic N) is 15. The number of piperidine rings is 2. The molecular formula is C96H80F6N18OS2. The fourth-order valence-corrected chi connectivity index (χ4v) is 19.1. The van der Waals surface area contributed by atoms with Crippen molar-refractivity contribution in [2.75, 3.05) is 36.8 Å². The van der Waals surface area contributed by atoms with E-state index in [1.54, 1.807) is 0 Å². The van der Waals surface area contributed by atoms with E-state index in [1.807, 2.05) is 89.2 Å². The monoisotopic (exact) mass is 1680 g/mol. The summed E-state index contributed by atoms with van der Waals surface area (Å²) in [7, 11) is 0. The topological polar surface area (TPSA) is 210 Å². The van der Waals surface area contributed by atoms with Crippen molar-refractivity contribution >= 4 is 94.7 Å². The average molecular weight is 1680 g/mol. The Morgan fingerprint density at radius 2 is 0.862 bits per heavy atom. The number of fused-ring (bicyclic) bond motifs is 4. The number of aromatic nitrogens is 10. The summed E-state index contributed by atoms with van der Waals surface area (Å²) >= 11 is 1.91. The highest BCUT2D eigenvalue weighted by atomic mass is 32.1. The van der Waals surface area contributed by atoms with Crippen LogP contribution in [0.1, 0.15) is 118 Å². The van der Waals surface area contributed by atoms with Gasteiger partial charge in [0.1, 0.15) is 40.9 Å². The molecule has 8 aromatic heterocycles. The van der Waals surface area contributed by atoms with Gasteiger partial charge in [-0.15, -0.1) is 55.8 Å². The summed E-state index contributed by atoms with van der Waals surface area (Å²) in [5.41, 5.74) is 13.9. The SMILES string of the molecule is Cc1c(C=O)ccc2c1cc(C#N)n2Cc1cnn(C(c2ccccc2)(c2ccccc2)c2ccccc2)c1.[C-]#[N+]c1nc(NC2CCN(Cc3ccc4c(cc(C#N)n4Cc4cnn(C(c5ccccc5)(c5ccccc5)c5ccccc5)c4)c3C)CC2)c2cc(CC(F)(F)F)sc2n1.[C-]#[N+]c1nc(NC2CCNCC2)c2cc(CC(F)(F)F)sc2n1. The summed E-state index contributed by atoms with van der Waals surface area (Å²) in [4.78, 5) is 38.3. The van der Waals surface area contributed by atoms with E-state index in [9.17, 15) is 41.7 Å². The first-order valence-electron chi connectivity index (χ1n) is 40.1. The first kappa shape index (κ1) is 82.8. The zero-order chi connectivity index (χ0) is 85.4. The van der Waals surface area contributed by atoms with Crippen LogP contribution in [-0.4, -0.2) is 110 Å². The van der Waals surface area contributed by atoms with E-state index in [0.717, 1.165) is 165 Å². The maximum absolute atomic E-state index is 13.2. The molecule has 0 unspecified atom stereocenters. The predicted molar refractivity (Wildman–Crippen MR) is 468 cm³/mol. The number of nitrogens with one attached hydrogen (secondary N) is 3. The summed E-state index contributed by atoms with van der Waals surface area (Å²) < 4.78 is 85.4. The minimum absolute atomic E-state index is 0.0392. The Labute approximate surface area is 713 Å². The van der Waals surface area contributed by atoms with E-state index in [-0.39, 0.29) is 33.7 Å². The number of anilines is 2. The Morgan fingerprint density at radius 1 is 0.488 bits per heavy atom. The van der Waals surface area contributed by atoms with Gasteiger partial charge in [0, 0.05) is 92.4 Å². The molecule has 2 saturated heterocycles. The van der Waals surface area contributed by atoms with Gasteiger partial charge in [0.05, 0.1) is 49.1 Å². The molecule has 0 atom stereocenters. The van der Waals surface area contributed by atoms with Gasteiger partial charge in [0.25, 0.3) is 0 Å². The van der Waals surface area contributed by atoms with Crippen LogP contribution in [0.25, 0.3) is 51.9 Å². The Morgan fingerprint density at radius 3 is 1.23 bits per heavy atom. The molecule has 0 spiro atoms. The lowest BCUT2D eigenvalue weighted by Gasteiger charge is -2.36. The third kappa shape index (κ3) is 17.4. The molecule has 18 rings (SSSR count). The van der Waals surface area contributed by atoms with E-state index in [1.165, 1.54) is 17.7 Å². The number of nitriles is 2. The quantitative estimate of drug-likeness (QED) is 0.0265. The van der Waals surface area contributed by atoms with Gasteiger partial charge in [-0.3, -0.25) is 19.1 Å². The van der Waals surface area contributed by atoms with Crippen molar-refractivity contribution in [1.82, 2.24) is 58.8 Å². The number of rotatable bonds is 21. The van der Waals surface area contributed by atoms with Crippen LogP contribution in [-0.2, 0) is 43.6 Å². The highest BCUT2D eigenvalue weighted by Crippen LogP contribution is 2.45. The number of carbonyl (C=O) groups is 1. The van der Waals surface area contributed by atoms with E-state index < -0.39 is 36.3 Å². The number of thiophene rings is 2. The van der Waals surface area contributed by atoms with Gasteiger partial charge in [-0.05, 0) is 145 Å². The van der Waals surface area contributed by atoms with Gasteiger partial charge in [-0.1, -0.05) is 188 Å². The standard InChI is InChI=1S/C48H40F3N9S.C34H26N4O.C14H14F3N5S/c1-32-34(31-58-22-20-38(21-23-58)55-44-42-25-40(26-47(49,50)51)61-45(42)57-46(53-2)56-44)18-19-43-41(32)24-39(27-52)59(43)29-33-28-54-60(30-33)48(35-12-6-3-7-13-35,36-14-8-4-9-15-36)37-16-10-5-11-17-37;1-25-27(24-39)17-18-33-32(25)19-31(20-35)37(33)22-26-21-36-38(23-26)34(28-11-5-2-6-12-28,29-13-7-3-8-14-29)30-15-9-4-10-16-30;1-18-13-21-11(20-8-2-4-19-5-3-8)10-6-9(7-14(15,16)17)23-12(10)22-13/h3-19,24-25,28,30,38H,20-23,26,29,31H2,1H3,(H,55,56,57);2-19,21,23-24H,22H2,1H3;6,8,19H,2-5,7H2,(H,20,21,22). The fourth-order valence-electron chi connectivity index (χ4n) is 17.0. The Balaban J connectivity index is 0.000000153. The minimum atomic E-state index is -4.34. The highest BCUT2D eigenvalue weighted by Gasteiger charge is 2.42. The molecule has 614 valence electrons. The van der Waals surface area contributed by atoms with Crippen LogP contribution in [0.2, 0.25) is 0 Å². The number of likely N-dealkylation sites (tertiary alicyclic amines) is 1. The number of aldehydes is 1. The number of benzene rings is 8. The number of alkyl halides is 6. The van der Waals surface area contributed by atoms with Crippen LogP contribution < -0.4 is 16.0 Å². The molecule has 8 aromatic carbocycles. The number of hydrogen-bond donors (Lipinski definition) is 3. The highest BCUT2D eigenvalue weighted by molar-refractivity contribution is 7.19. The first-order valence-corrected chi connectivity index (χ1v) is 41.7. The molecule has 2 fully saturated rings. The van der Waals surface area contributed by atoms with Gasteiger partial charge < -0.3 is 34.8 Å². The van der Waals surface area contributed by atoms with E-state index in [2.05, 4.69) is 249 Å². The third-order valence-electron chi connectivity index (χ3n) is 22.8. The summed E-state index contributed by atoms with van der Waals surface area (Å²) in [6.45, 7) is 23.6. The lowest BCUT2D eigenvalue weighted by atomic mass is 9.77. The second-order valence-corrected chi connectivity index (χ2v) is 32.8. The summed E-state index contributed by atoms with van der Waals surface area (Å²) in [5, 5.41) is 43.3. The van der Waals surface area contributed by atoms with Crippen molar-refractivity contribution in [3.63, 3.8) is 0 Å². The molecule has 2 aliphatic heterocycles. The predicted octanol–water partition coefficient (Wildman–Crippen LogP) is 20.9. The van der Waals surface area contributed by atoms with Crippen LogP contribution in [0.4, 0.5) is 49.9 Å². The molecule has 123 heavy (non-hydrogen) atoms. The maximum atomic E-state index is 13.2. The van der Waals surface area contributed by atoms with Crippen LogP contribution in [0, 0.1) is 49.7 Å². The van der Waals surface area contributed by atoms with Crippen LogP contribution in [0.15, 0.2) is 255 Å². The Kier molecular flexibility index (Phi) is 24.1. The summed E-state index contributed by atoms with van der Waals surface area (Å²) in [6.07, 6.45) is 1.57. The van der Waals surface area contributed by atoms with Crippen molar-refractivity contribution in [2.24, 2.45) is 0 Å². The van der Waals surface area contributed by atoms with Crippen molar-refractivity contribution in [2.45, 2.75) is 108 Å². The molecule has 0 amide bonds. The molecule has 0 bridgehead atoms. The molecule has 0 aliphatic carbocycles. The number of carbonyl (C=O) groups excluding carboxylic acids is 1. The number of hydrogen-bond acceptors (Lipinski definition) is 15. The molecule has 0 saturated carbocycles. The first-order chi connectivity index (χ1) is 59.7. The molecular weight excluding hydrogens is 1600 g/mol. The summed E-state index contributed by atoms with van der Waals surface area (Å²) in [6, 6.07) is 82.4. The summed E-state index contributed by atoms with van der Waals surface area (Å²) in [5.74, 6) is 0.735. The van der Waals surface area contributed by atoms with Crippen LogP contribution in [0.3, 0.4) is 0 Å². The molecule has 3 N–H and O–H groups in total. The second kappa shape index (κ2) is 35.8. The normalized spacial score (nSPS) is 13.6. The van der Waals surface area contributed by atoms with Crippen molar-refractivity contribution < 1.29 is 31.1 Å². The minimum Gasteiger partial charge on any atom is -0.394 e. The van der Waals surface area contributed by atoms with Gasteiger partial charge >= 0.3 is 24.2 Å². The van der Waals surface area contributed by atoms with Crippen molar-refractivity contribution in [3.8, 4) is 12.1 Å². The largest absolute Gasteiger partial charge is 0.394 e. The second-order valence-electron chi connectivity index (χ2n) is 30.5. The number of aryl methyl sites for hydroxylation is 2. The molecule has 19 nitrogen and oxygen atoms in total. The van der Waals surface area contributed by atoms with Crippen molar-refractivity contribution in [1.29, 1.82) is 10.5 Å². The zero-order valence-electron chi connectivity index (χ0n) is 66.9. The average Bonchev–Trinajstić information content (AvgIpc) is 1.73. The van der Waals surface area contributed by atoms with Crippen molar-refractivity contribution in [3.05, 3.63) is 366 Å². The third-order valence-corrected chi connectivity index (χ3v) is 24.9. The smallest absolute Gasteiger partial charge is 0.393 e. The molecule has 0 radical (unpaired) electrons. The van der Waals surface area contributed by atoms with Gasteiger partial charge in [-0.25, -0.2) is 0 Å².